The number of nitrogens with two attached hydrogens (primary N) is 1. The van der Waals surface area contributed by atoms with Gasteiger partial charge in [0.2, 0.25) is 76.8 Å². The number of rotatable bonds is 22. The second kappa shape index (κ2) is 45.3. The van der Waals surface area contributed by atoms with E-state index in [0.717, 1.165) is 26.5 Å². The van der Waals surface area contributed by atoms with Crippen LogP contribution in [0.5, 0.6) is 11.5 Å². The SMILES string of the molecule is CCCC[C@H]1C(=O)N(C)CC(=O)N[C@@H](CC(=O)O)C(=O)N[C@@H](C(C)C)C(=O)N(C)[C@@H](Cc2ccccc2)C(=O)N[C@@H](Cc2ccc(O)cc2)C(=O)N(C)CC(=O)N[C@@H](Cc2c[nH]c3ccccc23)C(=O)N[C@@H](Cc2ccc(O)cc2)C(=O)N[C@H](CNCC(N)=O)CSCC(=O)N[C@@H](Cc2ccccc2)C(=O)N(C)[C@@H](Cc2ccccc2)C(=O)N1C. The lowest BCUT2D eigenvalue weighted by atomic mass is 9.98. The highest BCUT2D eigenvalue weighted by Crippen LogP contribution is 2.24. The van der Waals surface area contributed by atoms with Crippen LogP contribution in [-0.4, -0.2) is 261 Å². The molecule has 0 spiro atoms. The van der Waals surface area contributed by atoms with Gasteiger partial charge in [-0.25, -0.2) is 0 Å². The number of phenolic OH excluding ortho intramolecular Hbond substituents is 2. The van der Waals surface area contributed by atoms with Gasteiger partial charge in [-0.15, -0.1) is 11.8 Å². The van der Waals surface area contributed by atoms with Gasteiger partial charge >= 0.3 is 5.97 Å². The smallest absolute Gasteiger partial charge is 0.305 e. The molecular weight excluding hydrogens is 1560 g/mol. The molecule has 32 nitrogen and oxygen atoms in total. The number of likely N-dealkylation sites (N-methyl/N-ethyl adjacent to an activating group) is 5. The molecule has 120 heavy (non-hydrogen) atoms. The summed E-state index contributed by atoms with van der Waals surface area (Å²) in [5, 5.41) is 53.8. The van der Waals surface area contributed by atoms with Crippen molar-refractivity contribution in [3.63, 3.8) is 0 Å². The Kier molecular flexibility index (Phi) is 35.1. The molecule has 8 rings (SSSR count). The van der Waals surface area contributed by atoms with E-state index in [4.69, 9.17) is 5.73 Å². The third-order valence-electron chi connectivity index (χ3n) is 20.7. The summed E-state index contributed by atoms with van der Waals surface area (Å²) < 4.78 is 0. The molecule has 33 heteroatoms. The van der Waals surface area contributed by atoms with E-state index in [0.29, 0.717) is 57.1 Å². The lowest BCUT2D eigenvalue weighted by Crippen LogP contribution is -2.61. The number of carboxylic acid groups (broad SMARTS) is 1. The summed E-state index contributed by atoms with van der Waals surface area (Å²) in [6.45, 7) is 3.03. The van der Waals surface area contributed by atoms with Gasteiger partial charge in [-0.2, -0.15) is 0 Å². The number of hydrogen-bond acceptors (Lipinski definition) is 18. The number of benzene rings is 6. The van der Waals surface area contributed by atoms with Crippen molar-refractivity contribution in [2.45, 2.75) is 145 Å². The molecular formula is C87H109N15O17S. The van der Waals surface area contributed by atoms with Gasteiger partial charge in [0, 0.05) is 103 Å². The number of carbonyl (C=O) groups excluding carboxylic acids is 13. The molecule has 1 aliphatic rings. The number of aromatic hydroxyl groups is 2. The highest BCUT2D eigenvalue weighted by molar-refractivity contribution is 8.00. The van der Waals surface area contributed by atoms with E-state index in [2.05, 4.69) is 47.5 Å². The maximum Gasteiger partial charge on any atom is 0.305 e. The first-order valence-electron chi connectivity index (χ1n) is 39.7. The van der Waals surface area contributed by atoms with Gasteiger partial charge < -0.3 is 93.1 Å². The van der Waals surface area contributed by atoms with Gasteiger partial charge in [0.05, 0.1) is 37.8 Å². The Labute approximate surface area is 701 Å². The molecule has 0 bridgehead atoms. The van der Waals surface area contributed by atoms with Crippen LogP contribution in [0.4, 0.5) is 0 Å². The average Bonchev–Trinajstić information content (AvgIpc) is 1.12. The first kappa shape index (κ1) is 92.9. The van der Waals surface area contributed by atoms with E-state index < -0.39 is 169 Å². The number of aromatic amines is 1. The zero-order valence-electron chi connectivity index (χ0n) is 68.6. The number of aliphatic carboxylic acids is 1. The third kappa shape index (κ3) is 27.7. The highest BCUT2D eigenvalue weighted by atomic mass is 32.2. The van der Waals surface area contributed by atoms with Crippen molar-refractivity contribution in [2.75, 3.05) is 72.9 Å². The zero-order valence-corrected chi connectivity index (χ0v) is 69.4. The molecule has 13 amide bonds. The van der Waals surface area contributed by atoms with Gasteiger partial charge in [0.15, 0.2) is 0 Å². The van der Waals surface area contributed by atoms with Crippen LogP contribution < -0.4 is 48.3 Å². The van der Waals surface area contributed by atoms with Crippen molar-refractivity contribution in [2.24, 2.45) is 11.7 Å². The summed E-state index contributed by atoms with van der Waals surface area (Å²) in [6.07, 6.45) is 0.637. The topological polar surface area (TPSA) is 454 Å². The van der Waals surface area contributed by atoms with Crippen LogP contribution in [0.25, 0.3) is 10.9 Å². The normalized spacial score (nSPS) is 21.8. The average molecular weight is 1670 g/mol. The molecule has 1 saturated heterocycles. The lowest BCUT2D eigenvalue weighted by molar-refractivity contribution is -0.151. The molecule has 14 N–H and O–H groups in total. The predicted molar refractivity (Wildman–Crippen MR) is 451 cm³/mol. The Bertz CT molecular complexity index is 4700. The minimum atomic E-state index is -1.88. The molecule has 1 aromatic heterocycles. The van der Waals surface area contributed by atoms with E-state index >= 15 is 33.6 Å². The van der Waals surface area contributed by atoms with Gasteiger partial charge in [-0.1, -0.05) is 167 Å². The molecule has 2 heterocycles. The van der Waals surface area contributed by atoms with Crippen molar-refractivity contribution in [3.05, 3.63) is 203 Å². The standard InChI is InChI=1S/C87H109N15O17S/c1-9-10-30-70-85(117)99(5)50-75(107)93-67(45-77(109)110)81(113)97-78(53(2)3)87(119)101(7)71(42-55-24-16-12-17-25-55)82(114)96-68(41-58-33-37-62(104)38-34-58)83(115)98(4)49-74(106)92-66(44-59-46-90-64-29-21-20-28-63(59)64)80(112)95-65(39-57-31-35-61(103)36-32-57)79(111)91-60(47-89-48-73(88)105)51-120-52-76(108)94-69(40-54-22-14-11-15-23-54)84(116)102(8)72(86(118)100(70)6)43-56-26-18-13-19-27-56/h11-29,31-38,46,53,60,65-72,78,89-90,103-104H,9-10,30,39-45,47-52H2,1-8H3,(H2,88,105)(H,91,111)(H,92,106)(H,93,107)(H,94,108)(H,95,112)(H,96,114)(H,97,113)(H,109,110)/t60-,65+,66+,67+,68+,69+,70+,71+,72+,78+/m1/s1. The summed E-state index contributed by atoms with van der Waals surface area (Å²) in [4.78, 5) is 214. The van der Waals surface area contributed by atoms with Crippen LogP contribution in [0.3, 0.4) is 0 Å². The highest BCUT2D eigenvalue weighted by Gasteiger charge is 2.42. The molecule has 1 fully saturated rings. The summed E-state index contributed by atoms with van der Waals surface area (Å²) in [5.74, 6) is -13.7. The summed E-state index contributed by atoms with van der Waals surface area (Å²) >= 11 is 1.04. The van der Waals surface area contributed by atoms with Crippen molar-refractivity contribution in [1.82, 2.24) is 72.0 Å². The molecule has 7 aromatic rings. The lowest BCUT2D eigenvalue weighted by Gasteiger charge is -2.37. The molecule has 0 radical (unpaired) electrons. The number of primary amides is 1. The van der Waals surface area contributed by atoms with Crippen molar-refractivity contribution < 1.29 is 82.4 Å². The van der Waals surface area contributed by atoms with E-state index in [1.807, 2.05) is 6.92 Å². The number of unbranched alkanes of at least 4 members (excludes halogenated alkanes) is 1. The van der Waals surface area contributed by atoms with Crippen molar-refractivity contribution >= 4 is 105 Å². The number of hydrogen-bond donors (Lipinski definition) is 13. The number of carboxylic acids is 1. The molecule has 0 saturated carbocycles. The monoisotopic (exact) mass is 1670 g/mol. The number of H-pyrrole nitrogens is 1. The predicted octanol–water partition coefficient (Wildman–Crippen LogP) is 2.27. The van der Waals surface area contributed by atoms with Gasteiger partial charge in [0.1, 0.15) is 65.9 Å². The number of nitrogens with one attached hydrogen (secondary N) is 9. The summed E-state index contributed by atoms with van der Waals surface area (Å²) in [7, 11) is 6.66. The first-order chi connectivity index (χ1) is 57.3. The minimum Gasteiger partial charge on any atom is -0.508 e. The Morgan fingerprint density at radius 2 is 0.925 bits per heavy atom. The number of para-hydroxylation sites is 1. The summed E-state index contributed by atoms with van der Waals surface area (Å²) in [5.41, 5.74) is 9.48. The number of fused-ring (bicyclic) bond motifs is 1. The van der Waals surface area contributed by atoms with E-state index in [-0.39, 0.29) is 81.0 Å². The fraction of sp³-hybridized carbons (Fsp3) is 0.402. The van der Waals surface area contributed by atoms with Crippen LogP contribution in [0.1, 0.15) is 79.8 Å². The largest absolute Gasteiger partial charge is 0.508 e. The quantitative estimate of drug-likeness (QED) is 0.0463. The number of carbonyl (C=O) groups is 14. The maximum atomic E-state index is 15.5. The second-order valence-electron chi connectivity index (χ2n) is 30.4. The van der Waals surface area contributed by atoms with Crippen molar-refractivity contribution in [1.29, 1.82) is 0 Å². The first-order valence-corrected chi connectivity index (χ1v) is 40.8. The Balaban J connectivity index is 1.20. The number of nitrogens with zero attached hydrogens (tertiary/aromatic N) is 5. The number of aromatic nitrogens is 1. The Hall–Kier alpha value is -12.7. The van der Waals surface area contributed by atoms with E-state index in [9.17, 15) is 48.9 Å². The second-order valence-corrected chi connectivity index (χ2v) is 31.5. The Morgan fingerprint density at radius 1 is 0.475 bits per heavy atom. The van der Waals surface area contributed by atoms with Crippen molar-refractivity contribution in [3.8, 4) is 11.5 Å². The van der Waals surface area contributed by atoms with Crippen LogP contribution >= 0.6 is 11.8 Å². The molecule has 1 aliphatic heterocycles. The minimum absolute atomic E-state index is 0.0448. The van der Waals surface area contributed by atoms with Crippen LogP contribution in [0.2, 0.25) is 0 Å². The van der Waals surface area contributed by atoms with E-state index in [1.165, 1.54) is 93.6 Å². The molecule has 0 unspecified atom stereocenters. The van der Waals surface area contributed by atoms with Gasteiger partial charge in [-0.05, 0) is 76.1 Å². The molecule has 10 atom stereocenters. The molecule has 640 valence electrons. The third-order valence-corrected chi connectivity index (χ3v) is 21.8. The number of thioether (sulfide) groups is 1. The zero-order chi connectivity index (χ0) is 87.3. The van der Waals surface area contributed by atoms with Crippen LogP contribution in [-0.2, 0) is 106 Å². The Morgan fingerprint density at radius 3 is 1.48 bits per heavy atom. The fourth-order valence-electron chi connectivity index (χ4n) is 14.1. The summed E-state index contributed by atoms with van der Waals surface area (Å²) in [6, 6.07) is 30.6. The van der Waals surface area contributed by atoms with Crippen LogP contribution in [0.15, 0.2) is 170 Å². The maximum absolute atomic E-state index is 15.5. The number of amides is 13. The van der Waals surface area contributed by atoms with Gasteiger partial charge in [0.25, 0.3) is 0 Å². The van der Waals surface area contributed by atoms with Crippen LogP contribution in [0, 0.1) is 5.92 Å². The number of phenols is 2. The van der Waals surface area contributed by atoms with Gasteiger partial charge in [-0.3, -0.25) is 67.1 Å². The molecule has 6 aromatic carbocycles. The van der Waals surface area contributed by atoms with E-state index in [1.54, 1.807) is 135 Å². The molecule has 0 aliphatic carbocycles. The fourth-order valence-corrected chi connectivity index (χ4v) is 14.9.